The molecular weight excluding hydrogens is 541 g/mol. The smallest absolute Gasteiger partial charge is 0.274 e. The Hall–Kier alpha value is -3.24. The first kappa shape index (κ1) is 28.8. The third-order valence-corrected chi connectivity index (χ3v) is 7.52. The van der Waals surface area contributed by atoms with E-state index in [1.807, 2.05) is 6.07 Å². The van der Waals surface area contributed by atoms with Crippen LogP contribution in [-0.2, 0) is 9.59 Å². The third kappa shape index (κ3) is 6.50. The number of halogens is 2. The SMILES string of the molecule is CN(CC=O)C(=O)c1c(N(C=O)CC2CCN(CCO)CC2)nc(-c2ccccc2Cl)n1-c1ccc(Cl)cc1. The fraction of sp³-hybridized carbons (Fsp3) is 0.357. The summed E-state index contributed by atoms with van der Waals surface area (Å²) in [5.74, 6) is 0.286. The molecule has 0 aliphatic carbocycles. The van der Waals surface area contributed by atoms with Gasteiger partial charge in [0.05, 0.1) is 18.2 Å². The lowest BCUT2D eigenvalue weighted by Gasteiger charge is -2.33. The quantitative estimate of drug-likeness (QED) is 0.351. The number of benzene rings is 2. The van der Waals surface area contributed by atoms with Crippen molar-refractivity contribution < 1.29 is 19.5 Å². The van der Waals surface area contributed by atoms with Crippen molar-refractivity contribution in [1.82, 2.24) is 19.4 Å². The van der Waals surface area contributed by atoms with Crippen molar-refractivity contribution in [3.05, 3.63) is 64.3 Å². The Morgan fingerprint density at radius 2 is 1.79 bits per heavy atom. The summed E-state index contributed by atoms with van der Waals surface area (Å²) in [7, 11) is 1.52. The Morgan fingerprint density at radius 1 is 1.10 bits per heavy atom. The summed E-state index contributed by atoms with van der Waals surface area (Å²) in [6.07, 6.45) is 3.02. The molecule has 4 rings (SSSR count). The summed E-state index contributed by atoms with van der Waals surface area (Å²) in [5.41, 5.74) is 1.32. The van der Waals surface area contributed by atoms with Gasteiger partial charge in [-0.05, 0) is 68.2 Å². The first-order valence-electron chi connectivity index (χ1n) is 12.8. The van der Waals surface area contributed by atoms with Gasteiger partial charge in [0.1, 0.15) is 12.1 Å². The minimum Gasteiger partial charge on any atom is -0.395 e. The van der Waals surface area contributed by atoms with Gasteiger partial charge in [0.15, 0.2) is 11.5 Å². The van der Waals surface area contributed by atoms with Crippen LogP contribution in [0.15, 0.2) is 48.5 Å². The molecule has 2 aromatic carbocycles. The number of aldehydes is 1. The summed E-state index contributed by atoms with van der Waals surface area (Å²) < 4.78 is 1.66. The predicted octanol–water partition coefficient (Wildman–Crippen LogP) is 3.78. The van der Waals surface area contributed by atoms with Crippen LogP contribution in [0.2, 0.25) is 10.0 Å². The summed E-state index contributed by atoms with van der Waals surface area (Å²) in [6.45, 7) is 2.60. The minimum atomic E-state index is -0.470. The Bertz CT molecular complexity index is 1310. The van der Waals surface area contributed by atoms with Gasteiger partial charge in [-0.2, -0.15) is 0 Å². The third-order valence-electron chi connectivity index (χ3n) is 6.93. The molecule has 11 heteroatoms. The van der Waals surface area contributed by atoms with Crippen molar-refractivity contribution in [2.45, 2.75) is 12.8 Å². The van der Waals surface area contributed by atoms with Crippen LogP contribution in [0.1, 0.15) is 23.3 Å². The minimum absolute atomic E-state index is 0.109. The molecule has 0 bridgehead atoms. The number of anilines is 1. The van der Waals surface area contributed by atoms with Gasteiger partial charge in [-0.1, -0.05) is 35.3 Å². The van der Waals surface area contributed by atoms with Crippen molar-refractivity contribution >= 4 is 47.6 Å². The first-order chi connectivity index (χ1) is 18.9. The molecule has 1 aliphatic heterocycles. The highest BCUT2D eigenvalue weighted by Crippen LogP contribution is 2.36. The van der Waals surface area contributed by atoms with E-state index in [1.165, 1.54) is 16.8 Å². The highest BCUT2D eigenvalue weighted by atomic mass is 35.5. The van der Waals surface area contributed by atoms with Gasteiger partial charge in [-0.3, -0.25) is 19.1 Å². The van der Waals surface area contributed by atoms with E-state index in [-0.39, 0.29) is 30.6 Å². The molecule has 2 heterocycles. The molecule has 0 radical (unpaired) electrons. The number of hydrogen-bond donors (Lipinski definition) is 1. The van der Waals surface area contributed by atoms with Crippen molar-refractivity contribution in [2.75, 3.05) is 51.3 Å². The van der Waals surface area contributed by atoms with Gasteiger partial charge in [0.2, 0.25) is 6.41 Å². The number of rotatable bonds is 11. The molecule has 206 valence electrons. The van der Waals surface area contributed by atoms with E-state index >= 15 is 0 Å². The molecule has 0 unspecified atom stereocenters. The maximum Gasteiger partial charge on any atom is 0.274 e. The number of aliphatic hydroxyl groups excluding tert-OH is 1. The topological polar surface area (TPSA) is 99.0 Å². The van der Waals surface area contributed by atoms with Gasteiger partial charge < -0.3 is 19.7 Å². The lowest BCUT2D eigenvalue weighted by atomic mass is 9.96. The van der Waals surface area contributed by atoms with Crippen LogP contribution in [0.3, 0.4) is 0 Å². The molecule has 0 saturated carbocycles. The first-order valence-corrected chi connectivity index (χ1v) is 13.5. The molecule has 39 heavy (non-hydrogen) atoms. The van der Waals surface area contributed by atoms with Gasteiger partial charge in [0.25, 0.3) is 5.91 Å². The number of likely N-dealkylation sites (N-methyl/N-ethyl adjacent to an activating group) is 1. The Balaban J connectivity index is 1.86. The van der Waals surface area contributed by atoms with Crippen LogP contribution in [0.5, 0.6) is 0 Å². The van der Waals surface area contributed by atoms with Crippen molar-refractivity contribution in [1.29, 1.82) is 0 Å². The molecule has 2 amide bonds. The number of nitrogens with zero attached hydrogens (tertiary/aromatic N) is 5. The number of aromatic nitrogens is 2. The number of amides is 2. The molecule has 9 nitrogen and oxygen atoms in total. The Kier molecular flexibility index (Phi) is 9.74. The normalized spacial score (nSPS) is 14.3. The van der Waals surface area contributed by atoms with Gasteiger partial charge in [-0.15, -0.1) is 0 Å². The fourth-order valence-electron chi connectivity index (χ4n) is 4.83. The number of hydrogen-bond acceptors (Lipinski definition) is 6. The monoisotopic (exact) mass is 571 g/mol. The average molecular weight is 572 g/mol. The van der Waals surface area contributed by atoms with Gasteiger partial charge in [0, 0.05) is 36.4 Å². The standard InChI is InChI=1S/C28H31Cl2N5O4/c1-32(14-16-36)28(39)25-27(34(19-38)18-20-10-12-33(13-11-20)15-17-37)31-26(23-4-2-3-5-24(23)30)35(25)22-8-6-21(29)7-9-22/h2-9,16,19-20,37H,10-15,17-18H2,1H3. The van der Waals surface area contributed by atoms with Crippen LogP contribution in [-0.4, -0.2) is 89.4 Å². The highest BCUT2D eigenvalue weighted by Gasteiger charge is 2.32. The summed E-state index contributed by atoms with van der Waals surface area (Å²) in [5, 5.41) is 10.2. The number of likely N-dealkylation sites (tertiary alicyclic amines) is 1. The van der Waals surface area contributed by atoms with Crippen molar-refractivity contribution in [2.24, 2.45) is 5.92 Å². The van der Waals surface area contributed by atoms with E-state index in [9.17, 15) is 19.5 Å². The number of imidazole rings is 1. The van der Waals surface area contributed by atoms with Crippen LogP contribution < -0.4 is 4.90 Å². The molecule has 1 fully saturated rings. The lowest BCUT2D eigenvalue weighted by Crippen LogP contribution is -2.40. The second-order valence-electron chi connectivity index (χ2n) is 9.52. The number of piperidine rings is 1. The number of carbonyl (C=O) groups is 3. The van der Waals surface area contributed by atoms with E-state index in [0.717, 1.165) is 25.9 Å². The maximum atomic E-state index is 13.8. The fourth-order valence-corrected chi connectivity index (χ4v) is 5.18. The Morgan fingerprint density at radius 3 is 2.41 bits per heavy atom. The van der Waals surface area contributed by atoms with Crippen molar-refractivity contribution in [3.63, 3.8) is 0 Å². The highest BCUT2D eigenvalue weighted by molar-refractivity contribution is 6.33. The zero-order valence-corrected chi connectivity index (χ0v) is 23.2. The van der Waals surface area contributed by atoms with Crippen molar-refractivity contribution in [3.8, 4) is 17.1 Å². The Labute approximate surface area is 237 Å². The zero-order chi connectivity index (χ0) is 27.9. The van der Waals surface area contributed by atoms with Crippen LogP contribution >= 0.6 is 23.2 Å². The molecule has 1 aliphatic rings. The number of β-amino-alcohol motifs (C(OH)–C–C–N with tert-alkyl or cyclic N) is 1. The number of aliphatic hydroxyl groups is 1. The molecule has 0 atom stereocenters. The largest absolute Gasteiger partial charge is 0.395 e. The molecule has 3 aromatic rings. The van der Waals surface area contributed by atoms with E-state index in [4.69, 9.17) is 28.2 Å². The second-order valence-corrected chi connectivity index (χ2v) is 10.4. The summed E-state index contributed by atoms with van der Waals surface area (Å²) >= 11 is 12.7. The van der Waals surface area contributed by atoms with E-state index in [1.54, 1.807) is 47.0 Å². The zero-order valence-electron chi connectivity index (χ0n) is 21.7. The van der Waals surface area contributed by atoms with E-state index in [2.05, 4.69) is 4.90 Å². The van der Waals surface area contributed by atoms with E-state index in [0.29, 0.717) is 52.9 Å². The second kappa shape index (κ2) is 13.2. The predicted molar refractivity (Wildman–Crippen MR) is 152 cm³/mol. The van der Waals surface area contributed by atoms with Crippen LogP contribution in [0.25, 0.3) is 17.1 Å². The van der Waals surface area contributed by atoms with E-state index < -0.39 is 5.91 Å². The molecule has 1 N–H and O–H groups in total. The van der Waals surface area contributed by atoms with Gasteiger partial charge >= 0.3 is 0 Å². The molecule has 1 aromatic heterocycles. The summed E-state index contributed by atoms with van der Waals surface area (Å²) in [4.78, 5) is 47.5. The average Bonchev–Trinajstić information content (AvgIpc) is 3.33. The van der Waals surface area contributed by atoms with Gasteiger partial charge in [-0.25, -0.2) is 4.98 Å². The number of carbonyl (C=O) groups excluding carboxylic acids is 3. The van der Waals surface area contributed by atoms with Crippen LogP contribution in [0.4, 0.5) is 5.82 Å². The molecule has 0 spiro atoms. The maximum absolute atomic E-state index is 13.8. The summed E-state index contributed by atoms with van der Waals surface area (Å²) in [6, 6.07) is 14.1. The molecule has 1 saturated heterocycles. The molecular formula is C28H31Cl2N5O4. The van der Waals surface area contributed by atoms with Crippen LogP contribution in [0, 0.1) is 5.92 Å². The lowest BCUT2D eigenvalue weighted by molar-refractivity contribution is -0.108.